The van der Waals surface area contributed by atoms with Crippen LogP contribution in [0.25, 0.3) is 0 Å². The number of rotatable bonds is 3. The highest BCUT2D eigenvalue weighted by Crippen LogP contribution is 2.32. The van der Waals surface area contributed by atoms with Gasteiger partial charge < -0.3 is 50.3 Å². The summed E-state index contributed by atoms with van der Waals surface area (Å²) in [5.41, 5.74) is 0. The summed E-state index contributed by atoms with van der Waals surface area (Å²) in [6.07, 6.45) is -13.4. The highest BCUT2D eigenvalue weighted by Gasteiger charge is 2.54. The summed E-state index contributed by atoms with van der Waals surface area (Å²) in [6.45, 7) is -0.500. The van der Waals surface area contributed by atoms with E-state index in [9.17, 15) is 40.9 Å². The van der Waals surface area contributed by atoms with Crippen LogP contribution in [0.5, 0.6) is 0 Å². The van der Waals surface area contributed by atoms with Crippen molar-refractivity contribution in [2.75, 3.05) is 19.7 Å². The summed E-state index contributed by atoms with van der Waals surface area (Å²) in [5.74, 6) is 0. The Morgan fingerprint density at radius 1 is 0.800 bits per heavy atom. The molecule has 0 saturated carbocycles. The number of aliphatic hydroxyl groups is 8. The van der Waals surface area contributed by atoms with Crippen LogP contribution in [-0.2, 0) is 9.47 Å². The molecule has 0 amide bonds. The van der Waals surface area contributed by atoms with Gasteiger partial charge in [0.2, 0.25) is 0 Å². The van der Waals surface area contributed by atoms with Gasteiger partial charge in [0.1, 0.15) is 42.7 Å². The lowest BCUT2D eigenvalue weighted by molar-refractivity contribution is -0.314. The van der Waals surface area contributed by atoms with Gasteiger partial charge in [-0.3, -0.25) is 4.90 Å². The van der Waals surface area contributed by atoms with Crippen LogP contribution < -0.4 is 0 Å². The van der Waals surface area contributed by atoms with Gasteiger partial charge in [0, 0.05) is 13.1 Å². The Kier molecular flexibility index (Phi) is 5.63. The molecule has 3 aliphatic rings. The molecule has 0 radical (unpaired) electrons. The fourth-order valence-electron chi connectivity index (χ4n) is 3.76. The summed E-state index contributed by atoms with van der Waals surface area (Å²) in [6, 6.07) is -0.867. The summed E-state index contributed by atoms with van der Waals surface area (Å²) in [5, 5.41) is 78.7. The number of ether oxygens (including phenoxy) is 2. The smallest absolute Gasteiger partial charge is 0.187 e. The van der Waals surface area contributed by atoms with Crippen molar-refractivity contribution in [2.45, 2.75) is 67.3 Å². The number of fused-ring (bicyclic) bond motifs is 1. The van der Waals surface area contributed by atoms with Crippen molar-refractivity contribution in [3.05, 3.63) is 0 Å². The average Bonchev–Trinajstić information content (AvgIpc) is 2.88. The van der Waals surface area contributed by atoms with E-state index in [4.69, 9.17) is 9.47 Å². The SMILES string of the molecule is OCC1OC(O[C@H]2CN3C[C@H](O)[C@@H](O)[C@H](O)[C@H]3[C@H]2O)C(O)C(O)C1O. The molecular formula is C14H25NO10. The highest BCUT2D eigenvalue weighted by atomic mass is 16.7. The molecule has 146 valence electrons. The van der Waals surface area contributed by atoms with E-state index in [0.29, 0.717) is 0 Å². The van der Waals surface area contributed by atoms with Crippen molar-refractivity contribution in [3.8, 4) is 0 Å². The predicted molar refractivity (Wildman–Crippen MR) is 78.0 cm³/mol. The van der Waals surface area contributed by atoms with E-state index in [1.165, 1.54) is 0 Å². The second kappa shape index (κ2) is 7.29. The first kappa shape index (κ1) is 19.3. The van der Waals surface area contributed by atoms with E-state index in [0.717, 1.165) is 0 Å². The molecule has 11 atom stereocenters. The highest BCUT2D eigenvalue weighted by molar-refractivity contribution is 5.05. The molecule has 3 fully saturated rings. The molecular weight excluding hydrogens is 342 g/mol. The van der Waals surface area contributed by atoms with E-state index in [1.54, 1.807) is 4.90 Å². The zero-order valence-electron chi connectivity index (χ0n) is 13.3. The molecule has 3 rings (SSSR count). The van der Waals surface area contributed by atoms with Crippen LogP contribution >= 0.6 is 0 Å². The topological polar surface area (TPSA) is 184 Å². The van der Waals surface area contributed by atoms with Crippen LogP contribution in [0.3, 0.4) is 0 Å². The first-order chi connectivity index (χ1) is 11.8. The van der Waals surface area contributed by atoms with E-state index >= 15 is 0 Å². The average molecular weight is 367 g/mol. The number of hydrogen-bond donors (Lipinski definition) is 8. The van der Waals surface area contributed by atoms with Crippen molar-refractivity contribution in [1.29, 1.82) is 0 Å². The van der Waals surface area contributed by atoms with Crippen molar-refractivity contribution in [1.82, 2.24) is 4.90 Å². The minimum absolute atomic E-state index is 0.0223. The maximum absolute atomic E-state index is 10.4. The molecule has 0 spiro atoms. The zero-order valence-corrected chi connectivity index (χ0v) is 13.3. The second-order valence-corrected chi connectivity index (χ2v) is 6.86. The Hall–Kier alpha value is -0.440. The van der Waals surface area contributed by atoms with Gasteiger partial charge in [-0.15, -0.1) is 0 Å². The minimum atomic E-state index is -1.61. The normalized spacial score (nSPS) is 54.5. The summed E-state index contributed by atoms with van der Waals surface area (Å²) in [7, 11) is 0. The molecule has 3 aliphatic heterocycles. The molecule has 0 aliphatic carbocycles. The standard InChI is InChI=1S/C14H25NO10/c16-3-6-10(20)12(22)13(23)14(25-6)24-5-2-15-1-4(17)8(18)11(21)7(15)9(5)19/h4-14,16-23H,1-3H2/t4-,5-,6?,7+,8+,9-,10?,11+,12?,13?,14?/m0/s1. The number of nitrogens with zero attached hydrogens (tertiary/aromatic N) is 1. The fourth-order valence-corrected chi connectivity index (χ4v) is 3.76. The minimum Gasteiger partial charge on any atom is -0.394 e. The Labute approximate surface area is 143 Å². The second-order valence-electron chi connectivity index (χ2n) is 6.86. The van der Waals surface area contributed by atoms with E-state index < -0.39 is 73.9 Å². The Morgan fingerprint density at radius 3 is 2.12 bits per heavy atom. The maximum atomic E-state index is 10.4. The van der Waals surface area contributed by atoms with Crippen LogP contribution in [0.1, 0.15) is 0 Å². The molecule has 25 heavy (non-hydrogen) atoms. The van der Waals surface area contributed by atoms with Gasteiger partial charge in [-0.2, -0.15) is 0 Å². The number of aliphatic hydroxyl groups excluding tert-OH is 8. The summed E-state index contributed by atoms with van der Waals surface area (Å²) in [4.78, 5) is 1.56. The Bertz CT molecular complexity index is 467. The van der Waals surface area contributed by atoms with Crippen LogP contribution in [-0.4, -0.2) is 133 Å². The fraction of sp³-hybridized carbons (Fsp3) is 1.00. The lowest BCUT2D eigenvalue weighted by Crippen LogP contribution is -2.61. The van der Waals surface area contributed by atoms with Crippen LogP contribution in [0.15, 0.2) is 0 Å². The lowest BCUT2D eigenvalue weighted by atomic mass is 9.92. The maximum Gasteiger partial charge on any atom is 0.187 e. The quantitative estimate of drug-likeness (QED) is 0.238. The van der Waals surface area contributed by atoms with Gasteiger partial charge in [-0.05, 0) is 0 Å². The van der Waals surface area contributed by atoms with Crippen LogP contribution in [0, 0.1) is 0 Å². The van der Waals surface area contributed by atoms with E-state index in [-0.39, 0.29) is 13.1 Å². The van der Waals surface area contributed by atoms with Gasteiger partial charge in [-0.1, -0.05) is 0 Å². The number of piperidine rings is 1. The van der Waals surface area contributed by atoms with E-state index in [1.807, 2.05) is 0 Å². The third-order valence-electron chi connectivity index (χ3n) is 5.24. The first-order valence-corrected chi connectivity index (χ1v) is 8.18. The third-order valence-corrected chi connectivity index (χ3v) is 5.24. The van der Waals surface area contributed by atoms with E-state index in [2.05, 4.69) is 0 Å². The molecule has 0 bridgehead atoms. The molecule has 0 aromatic rings. The largest absolute Gasteiger partial charge is 0.394 e. The first-order valence-electron chi connectivity index (χ1n) is 8.18. The Morgan fingerprint density at radius 2 is 1.48 bits per heavy atom. The van der Waals surface area contributed by atoms with Gasteiger partial charge in [-0.25, -0.2) is 0 Å². The third kappa shape index (κ3) is 3.31. The van der Waals surface area contributed by atoms with Gasteiger partial charge in [0.25, 0.3) is 0 Å². The summed E-state index contributed by atoms with van der Waals surface area (Å²) < 4.78 is 10.8. The molecule has 3 saturated heterocycles. The van der Waals surface area contributed by atoms with Gasteiger partial charge in [0.05, 0.1) is 24.9 Å². The molecule has 5 unspecified atom stereocenters. The van der Waals surface area contributed by atoms with Crippen molar-refractivity contribution >= 4 is 0 Å². The molecule has 8 N–H and O–H groups in total. The van der Waals surface area contributed by atoms with Gasteiger partial charge in [0.15, 0.2) is 6.29 Å². The van der Waals surface area contributed by atoms with Crippen molar-refractivity contribution in [2.24, 2.45) is 0 Å². The van der Waals surface area contributed by atoms with Crippen LogP contribution in [0.2, 0.25) is 0 Å². The molecule has 11 nitrogen and oxygen atoms in total. The molecule has 0 aromatic heterocycles. The van der Waals surface area contributed by atoms with Crippen molar-refractivity contribution < 1.29 is 50.3 Å². The molecule has 11 heteroatoms. The van der Waals surface area contributed by atoms with Crippen molar-refractivity contribution in [3.63, 3.8) is 0 Å². The molecule has 3 heterocycles. The van der Waals surface area contributed by atoms with Crippen LogP contribution in [0.4, 0.5) is 0 Å². The predicted octanol–water partition coefficient (Wildman–Crippen LogP) is -5.69. The Balaban J connectivity index is 1.69. The monoisotopic (exact) mass is 367 g/mol. The summed E-state index contributed by atoms with van der Waals surface area (Å²) >= 11 is 0. The zero-order chi connectivity index (χ0) is 18.5. The number of hydrogen-bond acceptors (Lipinski definition) is 11. The lowest BCUT2D eigenvalue weighted by Gasteiger charge is -2.41. The van der Waals surface area contributed by atoms with Gasteiger partial charge >= 0.3 is 0 Å². The molecule has 0 aromatic carbocycles.